The molecule has 6 N–H and O–H groups in total. The smallest absolute Gasteiger partial charge is 0.154 e. The molecule has 0 bridgehead atoms. The number of pyridine rings is 1. The largest absolute Gasteiger partial charge is 0.505 e. The molecule has 0 spiro atoms. The zero-order valence-corrected chi connectivity index (χ0v) is 18.7. The summed E-state index contributed by atoms with van der Waals surface area (Å²) in [4.78, 5) is 18.2. The van der Waals surface area contributed by atoms with Crippen LogP contribution in [0.3, 0.4) is 0 Å². The molecule has 0 aliphatic carbocycles. The molecule has 0 aliphatic rings. The fourth-order valence-corrected chi connectivity index (χ4v) is 3.50. The molecule has 0 aliphatic heterocycles. The van der Waals surface area contributed by atoms with Crippen molar-refractivity contribution in [1.82, 2.24) is 15.3 Å². The van der Waals surface area contributed by atoms with Gasteiger partial charge < -0.3 is 15.8 Å². The lowest BCUT2D eigenvalue weighted by Gasteiger charge is -2.20. The Hall–Kier alpha value is -3.14. The molecule has 2 aromatic rings. The maximum atomic E-state index is 13.3. The Bertz CT molecular complexity index is 1050. The van der Waals surface area contributed by atoms with E-state index in [1.54, 1.807) is 19.2 Å². The molecule has 0 unspecified atom stereocenters. The van der Waals surface area contributed by atoms with Gasteiger partial charge in [-0.1, -0.05) is 12.2 Å². The summed E-state index contributed by atoms with van der Waals surface area (Å²) in [6.07, 6.45) is 8.49. The van der Waals surface area contributed by atoms with E-state index in [1.165, 1.54) is 12.2 Å². The molecular formula is C23H31FN6O2. The molecule has 172 valence electrons. The van der Waals surface area contributed by atoms with Crippen LogP contribution < -0.4 is 17.1 Å². The van der Waals surface area contributed by atoms with Crippen molar-refractivity contribution in [2.75, 3.05) is 20.6 Å². The Balaban J connectivity index is 2.63. The van der Waals surface area contributed by atoms with E-state index in [2.05, 4.69) is 15.5 Å². The van der Waals surface area contributed by atoms with Crippen molar-refractivity contribution in [3.8, 4) is 5.75 Å². The fourth-order valence-electron chi connectivity index (χ4n) is 3.50. The average molecular weight is 443 g/mol. The molecular weight excluding hydrogens is 411 g/mol. The van der Waals surface area contributed by atoms with Crippen LogP contribution in [-0.2, 0) is 19.4 Å². The summed E-state index contributed by atoms with van der Waals surface area (Å²) >= 11 is 0. The van der Waals surface area contributed by atoms with E-state index < -0.39 is 0 Å². The van der Waals surface area contributed by atoms with E-state index in [-0.39, 0.29) is 23.7 Å². The second-order valence-corrected chi connectivity index (χ2v) is 7.68. The SMILES string of the molecule is C/C=C(F)\C=C/CCc1cnc2c(O)c(C=O)c(CN(C)C)c(C/C(CNN)=N/N)c2c1. The van der Waals surface area contributed by atoms with Crippen LogP contribution in [0.15, 0.2) is 41.4 Å². The normalized spacial score (nSPS) is 12.9. The average Bonchev–Trinajstić information content (AvgIpc) is 2.78. The van der Waals surface area contributed by atoms with Gasteiger partial charge in [0, 0.05) is 24.5 Å². The first kappa shape index (κ1) is 25.1. The number of hydrogen-bond acceptors (Lipinski definition) is 8. The van der Waals surface area contributed by atoms with Gasteiger partial charge in [0.1, 0.15) is 11.3 Å². The lowest BCUT2D eigenvalue weighted by Crippen LogP contribution is -2.31. The number of hydrazine groups is 1. The van der Waals surface area contributed by atoms with Gasteiger partial charge in [0.15, 0.2) is 12.0 Å². The van der Waals surface area contributed by atoms with E-state index in [1.807, 2.05) is 25.1 Å². The number of nitrogens with one attached hydrogen (secondary N) is 1. The summed E-state index contributed by atoms with van der Waals surface area (Å²) in [6, 6.07) is 1.94. The molecule has 0 atom stereocenters. The highest BCUT2D eigenvalue weighted by atomic mass is 19.1. The van der Waals surface area contributed by atoms with E-state index in [0.29, 0.717) is 54.3 Å². The van der Waals surface area contributed by atoms with Gasteiger partial charge in [0.25, 0.3) is 0 Å². The van der Waals surface area contributed by atoms with Gasteiger partial charge in [-0.15, -0.1) is 0 Å². The van der Waals surface area contributed by atoms with Crippen molar-refractivity contribution in [2.24, 2.45) is 16.8 Å². The van der Waals surface area contributed by atoms with Gasteiger partial charge in [0.2, 0.25) is 0 Å². The number of hydrogen-bond donors (Lipinski definition) is 4. The molecule has 0 amide bonds. The number of aryl methyl sites for hydroxylation is 1. The summed E-state index contributed by atoms with van der Waals surface area (Å²) in [6.45, 7) is 2.33. The minimum Gasteiger partial charge on any atom is -0.505 e. The van der Waals surface area contributed by atoms with Crippen LogP contribution >= 0.6 is 0 Å². The standard InChI is InChI=1S/C23H31FN6O2/c1-4-16(24)8-6-5-7-15-9-19-18(10-17(29-26)12-28-25)20(13-30(2)3)21(14-31)23(32)22(19)27-11-15/h4,6,8-9,11,14,28,32H,5,7,10,12-13,25-26H2,1-3H3/b8-6-,16-4+,29-17-. The number of fused-ring (bicyclic) bond motifs is 1. The van der Waals surface area contributed by atoms with Crippen molar-refractivity contribution in [1.29, 1.82) is 0 Å². The van der Waals surface area contributed by atoms with Crippen LogP contribution in [0.25, 0.3) is 10.9 Å². The lowest BCUT2D eigenvalue weighted by molar-refractivity contribution is 0.111. The maximum absolute atomic E-state index is 13.3. The number of allylic oxidation sites excluding steroid dienone is 4. The molecule has 2 rings (SSSR count). The predicted molar refractivity (Wildman–Crippen MR) is 126 cm³/mol. The summed E-state index contributed by atoms with van der Waals surface area (Å²) < 4.78 is 13.3. The molecule has 1 heterocycles. The highest BCUT2D eigenvalue weighted by Crippen LogP contribution is 2.35. The highest BCUT2D eigenvalue weighted by Gasteiger charge is 2.21. The van der Waals surface area contributed by atoms with Gasteiger partial charge >= 0.3 is 0 Å². The van der Waals surface area contributed by atoms with Crippen LogP contribution in [0.4, 0.5) is 4.39 Å². The van der Waals surface area contributed by atoms with Crippen molar-refractivity contribution < 1.29 is 14.3 Å². The third-order valence-electron chi connectivity index (χ3n) is 5.05. The molecule has 0 radical (unpaired) electrons. The van der Waals surface area contributed by atoms with Gasteiger partial charge in [-0.3, -0.25) is 21.0 Å². The molecule has 1 aromatic carbocycles. The number of aromatic hydroxyl groups is 1. The van der Waals surface area contributed by atoms with Crippen LogP contribution in [0, 0.1) is 0 Å². The minimum atomic E-state index is -0.286. The van der Waals surface area contributed by atoms with Crippen molar-refractivity contribution >= 4 is 22.9 Å². The number of phenols is 1. The van der Waals surface area contributed by atoms with Gasteiger partial charge in [-0.2, -0.15) is 5.10 Å². The summed E-state index contributed by atoms with van der Waals surface area (Å²) in [5, 5.41) is 15.3. The van der Waals surface area contributed by atoms with Gasteiger partial charge in [0.05, 0.1) is 17.8 Å². The number of nitrogens with two attached hydrogens (primary N) is 2. The van der Waals surface area contributed by atoms with Crippen molar-refractivity contribution in [3.05, 3.63) is 58.6 Å². The molecule has 0 fully saturated rings. The number of nitrogens with zero attached hydrogens (tertiary/aromatic N) is 3. The highest BCUT2D eigenvalue weighted by molar-refractivity contribution is 6.01. The first-order chi connectivity index (χ1) is 15.4. The third-order valence-corrected chi connectivity index (χ3v) is 5.05. The monoisotopic (exact) mass is 442 g/mol. The number of phenolic OH excluding ortho intramolecular Hbond substituents is 1. The number of aldehydes is 1. The van der Waals surface area contributed by atoms with E-state index in [9.17, 15) is 14.3 Å². The lowest BCUT2D eigenvalue weighted by atomic mass is 9.91. The molecule has 32 heavy (non-hydrogen) atoms. The first-order valence-corrected chi connectivity index (χ1v) is 10.3. The zero-order valence-electron chi connectivity index (χ0n) is 18.7. The second-order valence-electron chi connectivity index (χ2n) is 7.68. The molecule has 8 nitrogen and oxygen atoms in total. The topological polar surface area (TPSA) is 130 Å². The van der Waals surface area contributed by atoms with Gasteiger partial charge in [-0.05, 0) is 62.7 Å². The Kier molecular flexibility index (Phi) is 9.45. The Morgan fingerprint density at radius 2 is 2.12 bits per heavy atom. The number of carbonyl (C=O) groups is 1. The summed E-state index contributed by atoms with van der Waals surface area (Å²) in [5.41, 5.74) is 6.07. The van der Waals surface area contributed by atoms with E-state index in [0.717, 1.165) is 11.1 Å². The predicted octanol–water partition coefficient (Wildman–Crippen LogP) is 2.50. The Morgan fingerprint density at radius 3 is 2.72 bits per heavy atom. The number of halogens is 1. The number of benzene rings is 1. The van der Waals surface area contributed by atoms with Crippen LogP contribution in [0.1, 0.15) is 40.4 Å². The minimum absolute atomic E-state index is 0.152. The maximum Gasteiger partial charge on any atom is 0.154 e. The molecule has 0 saturated carbocycles. The Morgan fingerprint density at radius 1 is 1.38 bits per heavy atom. The van der Waals surface area contributed by atoms with E-state index >= 15 is 0 Å². The summed E-state index contributed by atoms with van der Waals surface area (Å²) in [5.74, 6) is 10.6. The molecule has 1 aromatic heterocycles. The van der Waals surface area contributed by atoms with Gasteiger partial charge in [-0.25, -0.2) is 4.39 Å². The molecule has 0 saturated heterocycles. The molecule has 9 heteroatoms. The Labute approximate surface area is 187 Å². The van der Waals surface area contributed by atoms with Crippen LogP contribution in [0.2, 0.25) is 0 Å². The fraction of sp³-hybridized carbons (Fsp3) is 0.348. The number of rotatable bonds is 11. The number of hydrazone groups is 1. The van der Waals surface area contributed by atoms with Crippen molar-refractivity contribution in [3.63, 3.8) is 0 Å². The van der Waals surface area contributed by atoms with Crippen LogP contribution in [-0.4, -0.2) is 47.6 Å². The quantitative estimate of drug-likeness (QED) is 0.138. The number of carbonyl (C=O) groups excluding carboxylic acids is 1. The van der Waals surface area contributed by atoms with Crippen LogP contribution in [0.5, 0.6) is 5.75 Å². The summed E-state index contributed by atoms with van der Waals surface area (Å²) in [7, 11) is 3.76. The third kappa shape index (κ3) is 6.19. The number of aromatic nitrogens is 1. The van der Waals surface area contributed by atoms with E-state index in [4.69, 9.17) is 11.7 Å². The first-order valence-electron chi connectivity index (χ1n) is 10.3. The zero-order chi connectivity index (χ0) is 23.7. The van der Waals surface area contributed by atoms with Crippen molar-refractivity contribution in [2.45, 2.75) is 32.7 Å². The second kappa shape index (κ2) is 12.0.